The SMILES string of the molecule is CC1CCCCCN1c1nc(NN)nc2sccc12. The van der Waals surface area contributed by atoms with Gasteiger partial charge in [0.05, 0.1) is 5.39 Å². The maximum absolute atomic E-state index is 5.48. The molecule has 5 nitrogen and oxygen atoms in total. The van der Waals surface area contributed by atoms with Crippen molar-refractivity contribution in [2.45, 2.75) is 38.6 Å². The third-order valence-electron chi connectivity index (χ3n) is 3.76. The highest BCUT2D eigenvalue weighted by atomic mass is 32.1. The van der Waals surface area contributed by atoms with Crippen LogP contribution >= 0.6 is 11.3 Å². The van der Waals surface area contributed by atoms with Crippen molar-refractivity contribution in [2.24, 2.45) is 5.84 Å². The number of thiophene rings is 1. The molecule has 2 aromatic heterocycles. The molecule has 0 saturated carbocycles. The second-order valence-electron chi connectivity index (χ2n) is 5.05. The van der Waals surface area contributed by atoms with Gasteiger partial charge >= 0.3 is 0 Å². The smallest absolute Gasteiger partial charge is 0.240 e. The molecule has 1 fully saturated rings. The topological polar surface area (TPSA) is 67.1 Å². The van der Waals surface area contributed by atoms with Crippen LogP contribution < -0.4 is 16.2 Å². The molecule has 3 N–H and O–H groups in total. The molecule has 0 spiro atoms. The molecule has 19 heavy (non-hydrogen) atoms. The molecule has 3 heterocycles. The third kappa shape index (κ3) is 2.37. The van der Waals surface area contributed by atoms with E-state index in [2.05, 4.69) is 38.7 Å². The fourth-order valence-electron chi connectivity index (χ4n) is 2.71. The van der Waals surface area contributed by atoms with Crippen molar-refractivity contribution >= 4 is 33.3 Å². The minimum atomic E-state index is 0.501. The van der Waals surface area contributed by atoms with Crippen LogP contribution in [-0.2, 0) is 0 Å². The molecule has 1 aliphatic rings. The molecular weight excluding hydrogens is 258 g/mol. The summed E-state index contributed by atoms with van der Waals surface area (Å²) in [6.45, 7) is 3.34. The second-order valence-corrected chi connectivity index (χ2v) is 5.94. The first kappa shape index (κ1) is 12.6. The van der Waals surface area contributed by atoms with Crippen molar-refractivity contribution in [3.63, 3.8) is 0 Å². The summed E-state index contributed by atoms with van der Waals surface area (Å²) in [5.74, 6) is 7.01. The van der Waals surface area contributed by atoms with E-state index >= 15 is 0 Å². The highest BCUT2D eigenvalue weighted by Gasteiger charge is 2.21. The first-order valence-electron chi connectivity index (χ1n) is 6.78. The van der Waals surface area contributed by atoms with Crippen LogP contribution in [0.5, 0.6) is 0 Å². The van der Waals surface area contributed by atoms with E-state index in [9.17, 15) is 0 Å². The molecule has 1 atom stereocenters. The lowest BCUT2D eigenvalue weighted by Crippen LogP contribution is -2.33. The number of fused-ring (bicyclic) bond motifs is 1. The lowest BCUT2D eigenvalue weighted by molar-refractivity contribution is 0.612. The van der Waals surface area contributed by atoms with Gasteiger partial charge in [-0.2, -0.15) is 4.98 Å². The van der Waals surface area contributed by atoms with Crippen molar-refractivity contribution in [2.75, 3.05) is 16.9 Å². The highest BCUT2D eigenvalue weighted by molar-refractivity contribution is 7.16. The second kappa shape index (κ2) is 5.30. The van der Waals surface area contributed by atoms with Crippen LogP contribution in [0.3, 0.4) is 0 Å². The normalized spacial score (nSPS) is 20.5. The van der Waals surface area contributed by atoms with Crippen LogP contribution in [0.4, 0.5) is 11.8 Å². The predicted octanol–water partition coefficient (Wildman–Crippen LogP) is 2.75. The fourth-order valence-corrected chi connectivity index (χ4v) is 3.47. The molecule has 1 saturated heterocycles. The van der Waals surface area contributed by atoms with Gasteiger partial charge in [0, 0.05) is 12.6 Å². The van der Waals surface area contributed by atoms with Crippen LogP contribution in [0.25, 0.3) is 10.2 Å². The van der Waals surface area contributed by atoms with E-state index in [1.165, 1.54) is 25.7 Å². The quantitative estimate of drug-likeness (QED) is 0.652. The van der Waals surface area contributed by atoms with Gasteiger partial charge in [-0.1, -0.05) is 12.8 Å². The molecular formula is C13H19N5S. The molecule has 3 rings (SSSR count). The van der Waals surface area contributed by atoms with Crippen LogP contribution in [0, 0.1) is 0 Å². The number of hydrogen-bond donors (Lipinski definition) is 2. The predicted molar refractivity (Wildman–Crippen MR) is 80.5 cm³/mol. The fraction of sp³-hybridized carbons (Fsp3) is 0.538. The minimum Gasteiger partial charge on any atom is -0.353 e. The van der Waals surface area contributed by atoms with Gasteiger partial charge in [0.25, 0.3) is 0 Å². The van der Waals surface area contributed by atoms with E-state index in [1.807, 2.05) is 0 Å². The first-order valence-corrected chi connectivity index (χ1v) is 7.66. The molecule has 0 radical (unpaired) electrons. The molecule has 6 heteroatoms. The van der Waals surface area contributed by atoms with Crippen LogP contribution in [0.2, 0.25) is 0 Å². The maximum Gasteiger partial charge on any atom is 0.240 e. The van der Waals surface area contributed by atoms with Gasteiger partial charge in [-0.25, -0.2) is 10.8 Å². The van der Waals surface area contributed by atoms with Gasteiger partial charge in [-0.05, 0) is 31.2 Å². The first-order chi connectivity index (χ1) is 9.29. The zero-order valence-electron chi connectivity index (χ0n) is 11.1. The Balaban J connectivity index is 2.08. The zero-order valence-corrected chi connectivity index (χ0v) is 11.9. The summed E-state index contributed by atoms with van der Waals surface area (Å²) >= 11 is 1.63. The average molecular weight is 277 g/mol. The van der Waals surface area contributed by atoms with E-state index < -0.39 is 0 Å². The minimum absolute atomic E-state index is 0.501. The molecule has 2 aromatic rings. The van der Waals surface area contributed by atoms with E-state index in [1.54, 1.807) is 11.3 Å². The van der Waals surface area contributed by atoms with Crippen LogP contribution in [0.1, 0.15) is 32.6 Å². The summed E-state index contributed by atoms with van der Waals surface area (Å²) in [4.78, 5) is 12.4. The lowest BCUT2D eigenvalue weighted by atomic mass is 10.1. The Kier molecular flexibility index (Phi) is 3.52. The van der Waals surface area contributed by atoms with E-state index in [0.29, 0.717) is 12.0 Å². The Morgan fingerprint density at radius 3 is 3.11 bits per heavy atom. The van der Waals surface area contributed by atoms with Crippen LogP contribution in [-0.4, -0.2) is 22.6 Å². The number of hydrazine groups is 1. The Morgan fingerprint density at radius 2 is 2.26 bits per heavy atom. The van der Waals surface area contributed by atoms with Crippen LogP contribution in [0.15, 0.2) is 11.4 Å². The standard InChI is InChI=1S/C13H19N5S/c1-9-5-3-2-4-7-18(9)11-10-6-8-19-12(10)16-13(15-11)17-14/h6,8-9H,2-5,7,14H2,1H3,(H,15,16,17). The number of nitrogens with two attached hydrogens (primary N) is 1. The molecule has 102 valence electrons. The molecule has 0 amide bonds. The van der Waals surface area contributed by atoms with E-state index in [-0.39, 0.29) is 0 Å². The summed E-state index contributed by atoms with van der Waals surface area (Å²) in [6, 6.07) is 2.62. The molecule has 1 aliphatic heterocycles. The maximum atomic E-state index is 5.48. The Labute approximate surface area is 116 Å². The van der Waals surface area contributed by atoms with Crippen molar-refractivity contribution in [1.82, 2.24) is 9.97 Å². The summed E-state index contributed by atoms with van der Waals surface area (Å²) in [6.07, 6.45) is 5.06. The molecule has 0 aromatic carbocycles. The van der Waals surface area contributed by atoms with Gasteiger partial charge in [-0.15, -0.1) is 11.3 Å². The molecule has 1 unspecified atom stereocenters. The largest absolute Gasteiger partial charge is 0.353 e. The monoisotopic (exact) mass is 277 g/mol. The van der Waals surface area contributed by atoms with Crippen molar-refractivity contribution in [1.29, 1.82) is 0 Å². The summed E-state index contributed by atoms with van der Waals surface area (Å²) in [5, 5.41) is 3.20. The number of nitrogens with zero attached hydrogens (tertiary/aromatic N) is 3. The third-order valence-corrected chi connectivity index (χ3v) is 4.57. The average Bonchev–Trinajstić information content (AvgIpc) is 2.80. The lowest BCUT2D eigenvalue weighted by Gasteiger charge is -2.29. The number of nitrogen functional groups attached to an aromatic ring is 1. The Morgan fingerprint density at radius 1 is 1.37 bits per heavy atom. The highest BCUT2D eigenvalue weighted by Crippen LogP contribution is 2.32. The van der Waals surface area contributed by atoms with Crippen molar-refractivity contribution in [3.05, 3.63) is 11.4 Å². The zero-order chi connectivity index (χ0) is 13.2. The molecule has 0 aliphatic carbocycles. The summed E-state index contributed by atoms with van der Waals surface area (Å²) < 4.78 is 0. The van der Waals surface area contributed by atoms with Gasteiger partial charge in [0.2, 0.25) is 5.95 Å². The van der Waals surface area contributed by atoms with E-state index in [0.717, 1.165) is 22.6 Å². The van der Waals surface area contributed by atoms with Crippen molar-refractivity contribution in [3.8, 4) is 0 Å². The number of anilines is 2. The van der Waals surface area contributed by atoms with Gasteiger partial charge in [0.15, 0.2) is 0 Å². The van der Waals surface area contributed by atoms with E-state index in [4.69, 9.17) is 5.84 Å². The van der Waals surface area contributed by atoms with Gasteiger partial charge in [-0.3, -0.25) is 5.43 Å². The number of nitrogens with one attached hydrogen (secondary N) is 1. The Hall–Kier alpha value is -1.40. The van der Waals surface area contributed by atoms with Gasteiger partial charge in [0.1, 0.15) is 10.6 Å². The van der Waals surface area contributed by atoms with Crippen molar-refractivity contribution < 1.29 is 0 Å². The number of rotatable bonds is 2. The number of hydrogen-bond acceptors (Lipinski definition) is 6. The summed E-state index contributed by atoms with van der Waals surface area (Å²) in [5.41, 5.74) is 2.58. The molecule has 0 bridgehead atoms. The summed E-state index contributed by atoms with van der Waals surface area (Å²) in [7, 11) is 0. The number of aromatic nitrogens is 2. The Bertz CT molecular complexity index is 567. The van der Waals surface area contributed by atoms with Gasteiger partial charge < -0.3 is 4.90 Å².